The molecule has 1 radical (unpaired) electrons. The van der Waals surface area contributed by atoms with E-state index in [0.29, 0.717) is 5.92 Å². The van der Waals surface area contributed by atoms with Gasteiger partial charge in [0.25, 0.3) is 0 Å². The summed E-state index contributed by atoms with van der Waals surface area (Å²) in [5, 5.41) is 0. The normalized spacial score (nSPS) is 13.6. The zero-order chi connectivity index (χ0) is 22.1. The van der Waals surface area contributed by atoms with E-state index in [1.165, 1.54) is 154 Å². The van der Waals surface area contributed by atoms with Crippen molar-refractivity contribution in [1.29, 1.82) is 0 Å². The molecule has 0 spiro atoms. The van der Waals surface area contributed by atoms with Crippen LogP contribution in [0.5, 0.6) is 0 Å². The predicted octanol–water partition coefficient (Wildman–Crippen LogP) is 11.5. The molecule has 0 heteroatoms. The maximum Gasteiger partial charge on any atom is -0.0414 e. The van der Waals surface area contributed by atoms with Gasteiger partial charge >= 0.3 is 0 Å². The van der Waals surface area contributed by atoms with E-state index in [2.05, 4.69) is 27.7 Å². The molecule has 0 saturated carbocycles. The Morgan fingerprint density at radius 1 is 0.400 bits per heavy atom. The van der Waals surface area contributed by atoms with Gasteiger partial charge in [-0.3, -0.25) is 0 Å². The molecule has 0 fully saturated rings. The molecule has 0 N–H and O–H groups in total. The van der Waals surface area contributed by atoms with Crippen LogP contribution in [0.4, 0.5) is 0 Å². The lowest BCUT2D eigenvalue weighted by Crippen LogP contribution is -2.01. The van der Waals surface area contributed by atoms with Crippen LogP contribution in [0.1, 0.15) is 175 Å². The Labute approximate surface area is 193 Å². The summed E-state index contributed by atoms with van der Waals surface area (Å²) in [6.45, 7) is 11.5. The fraction of sp³-hybridized carbons (Fsp3) is 0.967. The van der Waals surface area contributed by atoms with Crippen molar-refractivity contribution in [2.45, 2.75) is 175 Å². The van der Waals surface area contributed by atoms with Crippen molar-refractivity contribution in [3.05, 3.63) is 6.92 Å². The van der Waals surface area contributed by atoms with Crippen LogP contribution >= 0.6 is 0 Å². The summed E-state index contributed by atoms with van der Waals surface area (Å²) in [6, 6.07) is 0. The van der Waals surface area contributed by atoms with Gasteiger partial charge in [0.15, 0.2) is 0 Å². The molecule has 0 aliphatic rings. The Balaban J connectivity index is 3.28. The summed E-state index contributed by atoms with van der Waals surface area (Å²) in [6.07, 6.45) is 34.5. The summed E-state index contributed by atoms with van der Waals surface area (Å²) in [5.41, 5.74) is 0. The Morgan fingerprint density at radius 2 is 0.733 bits per heavy atom. The second-order valence-electron chi connectivity index (χ2n) is 10.5. The lowest BCUT2D eigenvalue weighted by atomic mass is 9.91. The van der Waals surface area contributed by atoms with Gasteiger partial charge < -0.3 is 0 Å². The van der Waals surface area contributed by atoms with Crippen LogP contribution < -0.4 is 0 Å². The maximum atomic E-state index is 4.44. The SMILES string of the molecule is [CH2]C(CCCCCCCCCCCCCC)CCC(C)CCCCCCCCCC. The van der Waals surface area contributed by atoms with Gasteiger partial charge in [0, 0.05) is 0 Å². The average molecular weight is 422 g/mol. The van der Waals surface area contributed by atoms with Crippen molar-refractivity contribution in [3.8, 4) is 0 Å². The highest BCUT2D eigenvalue weighted by Gasteiger charge is 2.07. The lowest BCUT2D eigenvalue weighted by molar-refractivity contribution is 0.395. The van der Waals surface area contributed by atoms with Gasteiger partial charge in [-0.1, -0.05) is 182 Å². The highest BCUT2D eigenvalue weighted by molar-refractivity contribution is 4.65. The first-order valence-corrected chi connectivity index (χ1v) is 14.5. The molecule has 0 rings (SSSR count). The zero-order valence-corrected chi connectivity index (χ0v) is 21.8. The molecule has 0 aromatic heterocycles. The molecule has 0 heterocycles. The molecule has 0 amide bonds. The van der Waals surface area contributed by atoms with Crippen molar-refractivity contribution < 1.29 is 0 Å². The molecule has 0 saturated heterocycles. The van der Waals surface area contributed by atoms with Crippen LogP contribution in [0, 0.1) is 18.8 Å². The van der Waals surface area contributed by atoms with E-state index in [1.54, 1.807) is 0 Å². The van der Waals surface area contributed by atoms with Crippen molar-refractivity contribution in [1.82, 2.24) is 0 Å². The van der Waals surface area contributed by atoms with Gasteiger partial charge in [0.1, 0.15) is 0 Å². The molecular formula is C30H61. The number of unbranched alkanes of at least 4 members (excludes halogenated alkanes) is 18. The second kappa shape index (κ2) is 25.3. The molecule has 0 aliphatic carbocycles. The largest absolute Gasteiger partial charge is 0.0654 e. The van der Waals surface area contributed by atoms with E-state index >= 15 is 0 Å². The third-order valence-electron chi connectivity index (χ3n) is 7.08. The lowest BCUT2D eigenvalue weighted by Gasteiger charge is -2.15. The Morgan fingerprint density at radius 3 is 1.13 bits per heavy atom. The molecule has 181 valence electrons. The maximum absolute atomic E-state index is 4.44. The van der Waals surface area contributed by atoms with Gasteiger partial charge in [-0.15, -0.1) is 0 Å². The van der Waals surface area contributed by atoms with Crippen LogP contribution in [0.15, 0.2) is 0 Å². The fourth-order valence-corrected chi connectivity index (χ4v) is 4.71. The Kier molecular flexibility index (Phi) is 25.3. The molecule has 0 aliphatic heterocycles. The van der Waals surface area contributed by atoms with Gasteiger partial charge in [-0.2, -0.15) is 0 Å². The average Bonchev–Trinajstić information content (AvgIpc) is 2.75. The first-order chi connectivity index (χ1) is 14.7. The number of hydrogen-bond donors (Lipinski definition) is 0. The summed E-state index contributed by atoms with van der Waals surface area (Å²) in [4.78, 5) is 0. The van der Waals surface area contributed by atoms with E-state index in [9.17, 15) is 0 Å². The molecule has 30 heavy (non-hydrogen) atoms. The molecular weight excluding hydrogens is 360 g/mol. The van der Waals surface area contributed by atoms with Gasteiger partial charge in [0.2, 0.25) is 0 Å². The fourth-order valence-electron chi connectivity index (χ4n) is 4.71. The highest BCUT2D eigenvalue weighted by Crippen LogP contribution is 2.22. The zero-order valence-electron chi connectivity index (χ0n) is 21.8. The first kappa shape index (κ1) is 30.0. The predicted molar refractivity (Wildman–Crippen MR) is 140 cm³/mol. The van der Waals surface area contributed by atoms with E-state index in [0.717, 1.165) is 5.92 Å². The summed E-state index contributed by atoms with van der Waals surface area (Å²) < 4.78 is 0. The van der Waals surface area contributed by atoms with Crippen molar-refractivity contribution in [2.75, 3.05) is 0 Å². The molecule has 2 unspecified atom stereocenters. The smallest absolute Gasteiger partial charge is 0.0414 e. The molecule has 0 nitrogen and oxygen atoms in total. The van der Waals surface area contributed by atoms with E-state index in [1.807, 2.05) is 0 Å². The number of hydrogen-bond acceptors (Lipinski definition) is 0. The molecule has 2 atom stereocenters. The Bertz CT molecular complexity index is 294. The minimum absolute atomic E-state index is 0.703. The summed E-state index contributed by atoms with van der Waals surface area (Å²) in [7, 11) is 0. The second-order valence-corrected chi connectivity index (χ2v) is 10.5. The van der Waals surface area contributed by atoms with Crippen LogP contribution in [-0.2, 0) is 0 Å². The number of rotatable bonds is 25. The van der Waals surface area contributed by atoms with Crippen molar-refractivity contribution >= 4 is 0 Å². The van der Waals surface area contributed by atoms with E-state index in [4.69, 9.17) is 0 Å². The van der Waals surface area contributed by atoms with Gasteiger partial charge in [0.05, 0.1) is 0 Å². The molecule has 0 aromatic carbocycles. The summed E-state index contributed by atoms with van der Waals surface area (Å²) >= 11 is 0. The quantitative estimate of drug-likeness (QED) is 0.128. The van der Waals surface area contributed by atoms with Crippen molar-refractivity contribution in [2.24, 2.45) is 11.8 Å². The minimum Gasteiger partial charge on any atom is -0.0654 e. The van der Waals surface area contributed by atoms with Crippen LogP contribution in [0.3, 0.4) is 0 Å². The Hall–Kier alpha value is 0. The van der Waals surface area contributed by atoms with E-state index < -0.39 is 0 Å². The topological polar surface area (TPSA) is 0 Å². The summed E-state index contributed by atoms with van der Waals surface area (Å²) in [5.74, 6) is 1.62. The molecule has 0 aromatic rings. The third-order valence-corrected chi connectivity index (χ3v) is 7.08. The molecule has 0 bridgehead atoms. The first-order valence-electron chi connectivity index (χ1n) is 14.5. The van der Waals surface area contributed by atoms with Crippen LogP contribution in [0.2, 0.25) is 0 Å². The minimum atomic E-state index is 0.703. The third kappa shape index (κ3) is 24.3. The monoisotopic (exact) mass is 421 g/mol. The van der Waals surface area contributed by atoms with Gasteiger partial charge in [-0.05, 0) is 11.8 Å². The van der Waals surface area contributed by atoms with Crippen molar-refractivity contribution in [3.63, 3.8) is 0 Å². The van der Waals surface area contributed by atoms with Crippen LogP contribution in [0.25, 0.3) is 0 Å². The standard InChI is InChI=1S/C30H61/c1-5-7-9-11-13-15-16-17-18-20-22-24-26-30(4)28-27-29(3)25-23-21-19-14-12-10-8-6-2/h29-30H,4-28H2,1-3H3. The van der Waals surface area contributed by atoms with E-state index in [-0.39, 0.29) is 0 Å². The highest BCUT2D eigenvalue weighted by atomic mass is 14.1. The van der Waals surface area contributed by atoms with Gasteiger partial charge in [-0.25, -0.2) is 0 Å². The van der Waals surface area contributed by atoms with Crippen LogP contribution in [-0.4, -0.2) is 0 Å².